The van der Waals surface area contributed by atoms with Gasteiger partial charge in [0.25, 0.3) is 0 Å². The van der Waals surface area contributed by atoms with E-state index in [0.717, 1.165) is 6.42 Å². The van der Waals surface area contributed by atoms with Crippen molar-refractivity contribution in [1.29, 1.82) is 0 Å². The van der Waals surface area contributed by atoms with Crippen LogP contribution in [0.5, 0.6) is 0 Å². The third-order valence-corrected chi connectivity index (χ3v) is 1.67. The Hall–Kier alpha value is -0.830. The van der Waals surface area contributed by atoms with E-state index in [-0.39, 0.29) is 11.9 Å². The first-order valence-corrected chi connectivity index (χ1v) is 4.48. The van der Waals surface area contributed by atoms with Crippen molar-refractivity contribution in [2.45, 2.75) is 33.2 Å². The molecule has 0 radical (unpaired) electrons. The highest BCUT2D eigenvalue weighted by molar-refractivity contribution is 5.12. The summed E-state index contributed by atoms with van der Waals surface area (Å²) in [5.74, 6) is 0.266. The van der Waals surface area contributed by atoms with E-state index in [0.29, 0.717) is 12.4 Å². The van der Waals surface area contributed by atoms with Crippen molar-refractivity contribution in [3.8, 4) is 0 Å². The van der Waals surface area contributed by atoms with Gasteiger partial charge in [-0.25, -0.2) is 4.39 Å². The van der Waals surface area contributed by atoms with Gasteiger partial charge < -0.3 is 10.5 Å². The van der Waals surface area contributed by atoms with Crippen molar-refractivity contribution in [3.63, 3.8) is 0 Å². The summed E-state index contributed by atoms with van der Waals surface area (Å²) in [7, 11) is 0. The maximum absolute atomic E-state index is 12.7. The molecule has 2 N–H and O–H groups in total. The van der Waals surface area contributed by atoms with Gasteiger partial charge in [-0.3, -0.25) is 0 Å². The van der Waals surface area contributed by atoms with Gasteiger partial charge in [0.1, 0.15) is 12.4 Å². The van der Waals surface area contributed by atoms with Crippen LogP contribution in [0.3, 0.4) is 0 Å². The van der Waals surface area contributed by atoms with E-state index in [1.807, 2.05) is 6.92 Å². The molecule has 0 saturated heterocycles. The quantitative estimate of drug-likeness (QED) is 0.530. The Morgan fingerprint density at radius 3 is 2.69 bits per heavy atom. The third kappa shape index (κ3) is 6.34. The van der Waals surface area contributed by atoms with E-state index in [4.69, 9.17) is 10.5 Å². The number of hydrogen-bond donors (Lipinski definition) is 1. The van der Waals surface area contributed by atoms with Crippen molar-refractivity contribution >= 4 is 0 Å². The fourth-order valence-corrected chi connectivity index (χ4v) is 0.676. The Labute approximate surface area is 79.3 Å². The first kappa shape index (κ1) is 12.2. The predicted octanol–water partition coefficient (Wildman–Crippen LogP) is 2.52. The van der Waals surface area contributed by atoms with Crippen molar-refractivity contribution in [2.24, 2.45) is 5.73 Å². The Morgan fingerprint density at radius 2 is 2.23 bits per heavy atom. The highest BCUT2D eigenvalue weighted by Crippen LogP contribution is 2.05. The molecule has 0 spiro atoms. The Morgan fingerprint density at radius 1 is 1.62 bits per heavy atom. The summed E-state index contributed by atoms with van der Waals surface area (Å²) in [6.45, 7) is 5.78. The standard InChI is InChI=1S/C10H18FNO/c1-4-9(11)6-8(3)13-7-10(12)5-2/h4,6,10H,5,7,12H2,1-3H3. The molecule has 0 amide bonds. The average molecular weight is 187 g/mol. The molecule has 0 aromatic heterocycles. The molecular formula is C10H18FNO. The second-order valence-corrected chi connectivity index (χ2v) is 2.91. The Bertz CT molecular complexity index is 199. The van der Waals surface area contributed by atoms with Crippen molar-refractivity contribution in [2.75, 3.05) is 6.61 Å². The number of allylic oxidation sites excluding steroid dienone is 4. The van der Waals surface area contributed by atoms with Gasteiger partial charge in [0.2, 0.25) is 0 Å². The molecule has 0 aliphatic rings. The number of hydrogen-bond acceptors (Lipinski definition) is 2. The molecule has 0 saturated carbocycles. The molecular weight excluding hydrogens is 169 g/mol. The van der Waals surface area contributed by atoms with Gasteiger partial charge in [0.15, 0.2) is 0 Å². The molecule has 0 rings (SSSR count). The van der Waals surface area contributed by atoms with Crippen LogP contribution in [0.4, 0.5) is 4.39 Å². The van der Waals surface area contributed by atoms with Crippen molar-refractivity contribution in [1.82, 2.24) is 0 Å². The molecule has 13 heavy (non-hydrogen) atoms. The molecule has 0 aliphatic heterocycles. The van der Waals surface area contributed by atoms with E-state index < -0.39 is 0 Å². The fraction of sp³-hybridized carbons (Fsp3) is 0.600. The lowest BCUT2D eigenvalue weighted by Gasteiger charge is -2.10. The molecule has 2 nitrogen and oxygen atoms in total. The van der Waals surface area contributed by atoms with Gasteiger partial charge in [0.05, 0.1) is 5.76 Å². The number of rotatable bonds is 5. The largest absolute Gasteiger partial charge is 0.497 e. The zero-order valence-electron chi connectivity index (χ0n) is 8.51. The maximum Gasteiger partial charge on any atom is 0.122 e. The second kappa shape index (κ2) is 6.66. The van der Waals surface area contributed by atoms with Crippen LogP contribution in [-0.2, 0) is 4.74 Å². The number of ether oxygens (including phenoxy) is 1. The molecule has 0 heterocycles. The molecule has 0 bridgehead atoms. The van der Waals surface area contributed by atoms with E-state index >= 15 is 0 Å². The van der Waals surface area contributed by atoms with Gasteiger partial charge in [-0.1, -0.05) is 13.0 Å². The highest BCUT2D eigenvalue weighted by Gasteiger charge is 1.99. The molecule has 0 aliphatic carbocycles. The van der Waals surface area contributed by atoms with Crippen LogP contribution in [0.2, 0.25) is 0 Å². The van der Waals surface area contributed by atoms with Crippen LogP contribution < -0.4 is 5.73 Å². The van der Waals surface area contributed by atoms with Crippen LogP contribution in [0.15, 0.2) is 23.7 Å². The molecule has 1 unspecified atom stereocenters. The molecule has 0 aromatic carbocycles. The minimum Gasteiger partial charge on any atom is -0.497 e. The number of nitrogens with two attached hydrogens (primary N) is 1. The highest BCUT2D eigenvalue weighted by atomic mass is 19.1. The summed E-state index contributed by atoms with van der Waals surface area (Å²) in [4.78, 5) is 0. The minimum atomic E-state index is -0.289. The van der Waals surface area contributed by atoms with Gasteiger partial charge in [-0.05, 0) is 20.3 Å². The first-order valence-electron chi connectivity index (χ1n) is 4.48. The zero-order valence-corrected chi connectivity index (χ0v) is 8.51. The summed E-state index contributed by atoms with van der Waals surface area (Å²) in [6.07, 6.45) is 3.59. The van der Waals surface area contributed by atoms with E-state index in [2.05, 4.69) is 0 Å². The van der Waals surface area contributed by atoms with Crippen molar-refractivity contribution in [3.05, 3.63) is 23.7 Å². The molecule has 0 aromatic rings. The van der Waals surface area contributed by atoms with E-state index in [1.54, 1.807) is 13.8 Å². The SMILES string of the molecule is CC=C(F)C=C(C)OCC(N)CC. The molecule has 3 heteroatoms. The molecule has 0 fully saturated rings. The van der Waals surface area contributed by atoms with Crippen LogP contribution >= 0.6 is 0 Å². The van der Waals surface area contributed by atoms with Crippen LogP contribution in [0, 0.1) is 0 Å². The maximum atomic E-state index is 12.7. The first-order chi connectivity index (χ1) is 6.10. The van der Waals surface area contributed by atoms with Crippen molar-refractivity contribution < 1.29 is 9.13 Å². The van der Waals surface area contributed by atoms with Gasteiger partial charge >= 0.3 is 0 Å². The summed E-state index contributed by atoms with van der Waals surface area (Å²) in [5.41, 5.74) is 5.62. The summed E-state index contributed by atoms with van der Waals surface area (Å²) in [5, 5.41) is 0. The third-order valence-electron chi connectivity index (χ3n) is 1.67. The van der Waals surface area contributed by atoms with Gasteiger partial charge in [-0.15, -0.1) is 0 Å². The Balaban J connectivity index is 3.86. The lowest BCUT2D eigenvalue weighted by Crippen LogP contribution is -2.24. The van der Waals surface area contributed by atoms with E-state index in [1.165, 1.54) is 12.2 Å². The average Bonchev–Trinajstić information content (AvgIpc) is 2.13. The monoisotopic (exact) mass is 187 g/mol. The van der Waals surface area contributed by atoms with Crippen LogP contribution in [0.1, 0.15) is 27.2 Å². The topological polar surface area (TPSA) is 35.2 Å². The zero-order chi connectivity index (χ0) is 10.3. The normalized spacial score (nSPS) is 15.8. The van der Waals surface area contributed by atoms with E-state index in [9.17, 15) is 4.39 Å². The summed E-state index contributed by atoms with van der Waals surface area (Å²) < 4.78 is 17.9. The Kier molecular flexibility index (Phi) is 6.24. The lowest BCUT2D eigenvalue weighted by atomic mass is 10.3. The van der Waals surface area contributed by atoms with Crippen LogP contribution in [0.25, 0.3) is 0 Å². The molecule has 1 atom stereocenters. The summed E-state index contributed by atoms with van der Waals surface area (Å²) >= 11 is 0. The van der Waals surface area contributed by atoms with Gasteiger partial charge in [-0.2, -0.15) is 0 Å². The van der Waals surface area contributed by atoms with Crippen LogP contribution in [-0.4, -0.2) is 12.6 Å². The summed E-state index contributed by atoms with van der Waals surface area (Å²) in [6, 6.07) is 0.0250. The number of halogens is 1. The fourth-order valence-electron chi connectivity index (χ4n) is 0.676. The lowest BCUT2D eigenvalue weighted by molar-refractivity contribution is 0.192. The predicted molar refractivity (Wildman–Crippen MR) is 52.8 cm³/mol. The smallest absolute Gasteiger partial charge is 0.122 e. The van der Waals surface area contributed by atoms with Gasteiger partial charge in [0, 0.05) is 12.1 Å². The second-order valence-electron chi connectivity index (χ2n) is 2.91. The minimum absolute atomic E-state index is 0.0250. The molecule has 76 valence electrons.